The van der Waals surface area contributed by atoms with Crippen LogP contribution in [-0.4, -0.2) is 29.7 Å². The highest BCUT2D eigenvalue weighted by Gasteiger charge is 2.40. The molecular formula is C22H35ClO3S. The Morgan fingerprint density at radius 2 is 1.85 bits per heavy atom. The topological polar surface area (TPSA) is 46.5 Å². The SMILES string of the molecule is CCCCCCCC[C@@H]1[C@@H](CCCc2ccc(C(=O)OC)s2)[C@H](Cl)C[C@H]1O. The number of carbonyl (C=O) groups is 1. The fraction of sp³-hybridized carbons (Fsp3) is 0.773. The van der Waals surface area contributed by atoms with Gasteiger partial charge in [-0.1, -0.05) is 45.4 Å². The zero-order chi connectivity index (χ0) is 19.6. The highest BCUT2D eigenvalue weighted by Crippen LogP contribution is 2.42. The Kier molecular flexibility index (Phi) is 10.2. The van der Waals surface area contributed by atoms with E-state index in [4.69, 9.17) is 16.3 Å². The molecule has 1 heterocycles. The lowest BCUT2D eigenvalue weighted by atomic mass is 9.85. The molecule has 4 atom stereocenters. The van der Waals surface area contributed by atoms with Gasteiger partial charge in [0.05, 0.1) is 13.2 Å². The van der Waals surface area contributed by atoms with E-state index in [2.05, 4.69) is 6.92 Å². The maximum Gasteiger partial charge on any atom is 0.348 e. The number of halogens is 1. The van der Waals surface area contributed by atoms with Crippen LogP contribution in [0.1, 0.15) is 85.7 Å². The summed E-state index contributed by atoms with van der Waals surface area (Å²) in [4.78, 5) is 13.4. The number of alkyl halides is 1. The van der Waals surface area contributed by atoms with E-state index < -0.39 is 0 Å². The van der Waals surface area contributed by atoms with Crippen LogP contribution in [0.25, 0.3) is 0 Å². The van der Waals surface area contributed by atoms with Gasteiger partial charge in [-0.3, -0.25) is 0 Å². The average Bonchev–Trinajstić information content (AvgIpc) is 3.23. The fourth-order valence-corrected chi connectivity index (χ4v) is 5.79. The van der Waals surface area contributed by atoms with Gasteiger partial charge in [0, 0.05) is 10.3 Å². The van der Waals surface area contributed by atoms with Crippen molar-refractivity contribution in [3.05, 3.63) is 21.9 Å². The second-order valence-corrected chi connectivity index (χ2v) is 9.58. The Balaban J connectivity index is 1.75. The molecule has 5 heteroatoms. The van der Waals surface area contributed by atoms with Gasteiger partial charge < -0.3 is 9.84 Å². The first-order valence-electron chi connectivity index (χ1n) is 10.6. The summed E-state index contributed by atoms with van der Waals surface area (Å²) < 4.78 is 4.77. The van der Waals surface area contributed by atoms with E-state index in [9.17, 15) is 9.90 Å². The van der Waals surface area contributed by atoms with Gasteiger partial charge >= 0.3 is 5.97 Å². The third-order valence-electron chi connectivity index (χ3n) is 5.88. The van der Waals surface area contributed by atoms with Crippen LogP contribution in [0.4, 0.5) is 0 Å². The van der Waals surface area contributed by atoms with E-state index in [0.717, 1.165) is 32.1 Å². The summed E-state index contributed by atoms with van der Waals surface area (Å²) in [7, 11) is 1.41. The molecule has 0 aromatic carbocycles. The van der Waals surface area contributed by atoms with Crippen LogP contribution in [0.15, 0.2) is 12.1 Å². The number of aryl methyl sites for hydroxylation is 1. The molecule has 1 fully saturated rings. The van der Waals surface area contributed by atoms with Crippen molar-refractivity contribution in [1.82, 2.24) is 0 Å². The lowest BCUT2D eigenvalue weighted by Crippen LogP contribution is -2.21. The number of rotatable bonds is 12. The van der Waals surface area contributed by atoms with E-state index in [1.807, 2.05) is 12.1 Å². The third kappa shape index (κ3) is 7.07. The van der Waals surface area contributed by atoms with Crippen molar-refractivity contribution in [2.24, 2.45) is 11.8 Å². The van der Waals surface area contributed by atoms with Gasteiger partial charge in [-0.15, -0.1) is 22.9 Å². The Hall–Kier alpha value is -0.580. The summed E-state index contributed by atoms with van der Waals surface area (Å²) in [6, 6.07) is 3.86. The minimum Gasteiger partial charge on any atom is -0.465 e. The number of methoxy groups -OCH3 is 1. The molecule has 0 radical (unpaired) electrons. The van der Waals surface area contributed by atoms with Gasteiger partial charge in [0.2, 0.25) is 0 Å². The van der Waals surface area contributed by atoms with Crippen molar-refractivity contribution in [2.75, 3.05) is 7.11 Å². The number of ether oxygens (including phenoxy) is 1. The number of hydrogen-bond donors (Lipinski definition) is 1. The molecule has 154 valence electrons. The largest absolute Gasteiger partial charge is 0.465 e. The van der Waals surface area contributed by atoms with Crippen LogP contribution in [0.2, 0.25) is 0 Å². The second kappa shape index (κ2) is 12.1. The first-order chi connectivity index (χ1) is 13.1. The van der Waals surface area contributed by atoms with Gasteiger partial charge in [-0.25, -0.2) is 4.79 Å². The van der Waals surface area contributed by atoms with Crippen LogP contribution >= 0.6 is 22.9 Å². The highest BCUT2D eigenvalue weighted by molar-refractivity contribution is 7.13. The van der Waals surface area contributed by atoms with Crippen molar-refractivity contribution >= 4 is 28.9 Å². The highest BCUT2D eigenvalue weighted by atomic mass is 35.5. The predicted molar refractivity (Wildman–Crippen MR) is 114 cm³/mol. The number of thiophene rings is 1. The zero-order valence-corrected chi connectivity index (χ0v) is 18.4. The molecule has 1 N–H and O–H groups in total. The first-order valence-corrected chi connectivity index (χ1v) is 11.8. The van der Waals surface area contributed by atoms with Crippen LogP contribution in [0.3, 0.4) is 0 Å². The quantitative estimate of drug-likeness (QED) is 0.251. The molecule has 27 heavy (non-hydrogen) atoms. The Morgan fingerprint density at radius 3 is 2.59 bits per heavy atom. The molecule has 3 nitrogen and oxygen atoms in total. The van der Waals surface area contributed by atoms with Gasteiger partial charge in [0.1, 0.15) is 4.88 Å². The maximum absolute atomic E-state index is 11.6. The lowest BCUT2D eigenvalue weighted by Gasteiger charge is -2.23. The molecule has 0 bridgehead atoms. The minimum atomic E-state index is -0.259. The summed E-state index contributed by atoms with van der Waals surface area (Å²) in [5.74, 6) is 0.509. The standard InChI is InChI=1S/C22H35ClO3S/c1-3-4-5-6-7-8-11-18-17(19(23)15-20(18)24)12-9-10-16-13-14-21(27-16)22(25)26-2/h13-14,17-20,24H,3-12,15H2,1-2H3/t17-,18-,19-,20-/m1/s1. The maximum atomic E-state index is 11.6. The number of aliphatic hydroxyl groups is 1. The summed E-state index contributed by atoms with van der Waals surface area (Å²) in [5.41, 5.74) is 0. The molecule has 0 aliphatic heterocycles. The van der Waals surface area contributed by atoms with Crippen molar-refractivity contribution in [3.8, 4) is 0 Å². The number of esters is 1. The summed E-state index contributed by atoms with van der Waals surface area (Å²) >= 11 is 8.09. The third-order valence-corrected chi connectivity index (χ3v) is 7.50. The predicted octanol–water partition coefficient (Wildman–Crippen LogP) is 6.21. The Morgan fingerprint density at radius 1 is 1.15 bits per heavy atom. The lowest BCUT2D eigenvalue weighted by molar-refractivity contribution is 0.0606. The smallest absolute Gasteiger partial charge is 0.348 e. The van der Waals surface area contributed by atoms with E-state index in [1.165, 1.54) is 61.8 Å². The van der Waals surface area contributed by atoms with E-state index >= 15 is 0 Å². The molecule has 1 aliphatic rings. The molecule has 1 aromatic rings. The van der Waals surface area contributed by atoms with Crippen LogP contribution in [0.5, 0.6) is 0 Å². The Labute approximate surface area is 173 Å². The van der Waals surface area contributed by atoms with Gasteiger partial charge in [0.15, 0.2) is 0 Å². The second-order valence-electron chi connectivity index (χ2n) is 7.85. The van der Waals surface area contributed by atoms with Crippen LogP contribution in [-0.2, 0) is 11.2 Å². The Bertz CT molecular complexity index is 560. The number of aliphatic hydroxyl groups excluding tert-OH is 1. The van der Waals surface area contributed by atoms with Crippen LogP contribution in [0, 0.1) is 11.8 Å². The fourth-order valence-electron chi connectivity index (χ4n) is 4.33. The first kappa shape index (κ1) is 22.7. The van der Waals surface area contributed by atoms with Gasteiger partial charge in [0.25, 0.3) is 0 Å². The molecule has 2 rings (SSSR count). The normalized spacial score (nSPS) is 25.0. The van der Waals surface area contributed by atoms with E-state index in [0.29, 0.717) is 16.7 Å². The average molecular weight is 415 g/mol. The minimum absolute atomic E-state index is 0.0963. The molecule has 1 aliphatic carbocycles. The van der Waals surface area contributed by atoms with Crippen molar-refractivity contribution < 1.29 is 14.6 Å². The summed E-state index contributed by atoms with van der Waals surface area (Å²) in [5, 5.41) is 10.5. The molecule has 0 spiro atoms. The monoisotopic (exact) mass is 414 g/mol. The molecule has 1 aromatic heterocycles. The van der Waals surface area contributed by atoms with Gasteiger partial charge in [-0.05, 0) is 56.1 Å². The summed E-state index contributed by atoms with van der Waals surface area (Å²) in [6.45, 7) is 2.24. The van der Waals surface area contributed by atoms with Gasteiger partial charge in [-0.2, -0.15) is 0 Å². The van der Waals surface area contributed by atoms with Crippen molar-refractivity contribution in [2.45, 2.75) is 89.0 Å². The van der Waals surface area contributed by atoms with E-state index in [-0.39, 0.29) is 17.5 Å². The van der Waals surface area contributed by atoms with Crippen molar-refractivity contribution in [1.29, 1.82) is 0 Å². The number of hydrogen-bond acceptors (Lipinski definition) is 4. The zero-order valence-electron chi connectivity index (χ0n) is 16.8. The van der Waals surface area contributed by atoms with E-state index in [1.54, 1.807) is 0 Å². The van der Waals surface area contributed by atoms with Crippen molar-refractivity contribution in [3.63, 3.8) is 0 Å². The molecule has 0 amide bonds. The molecule has 0 saturated heterocycles. The molecular weight excluding hydrogens is 380 g/mol. The molecule has 0 unspecified atom stereocenters. The number of carbonyl (C=O) groups excluding carboxylic acids is 1. The molecule has 1 saturated carbocycles. The summed E-state index contributed by atoms with van der Waals surface area (Å²) in [6.07, 6.45) is 12.4. The number of unbranched alkanes of at least 4 members (excludes halogenated alkanes) is 5. The van der Waals surface area contributed by atoms with Crippen LogP contribution < -0.4 is 0 Å².